The van der Waals surface area contributed by atoms with E-state index in [1.165, 1.54) is 7.11 Å². The van der Waals surface area contributed by atoms with Gasteiger partial charge in [-0.05, 0) is 56.2 Å². The summed E-state index contributed by atoms with van der Waals surface area (Å²) in [5.41, 5.74) is 7.08. The molecule has 2 N–H and O–H groups in total. The number of hydrogen-bond donors (Lipinski definition) is 2. The smallest absolute Gasteiger partial charge is 0.313 e. The van der Waals surface area contributed by atoms with Crippen LogP contribution in [0.4, 0.5) is 0 Å². The summed E-state index contributed by atoms with van der Waals surface area (Å²) in [4.78, 5) is 16.2. The van der Waals surface area contributed by atoms with Crippen LogP contribution in [-0.2, 0) is 9.53 Å². The van der Waals surface area contributed by atoms with Gasteiger partial charge in [0.05, 0.1) is 37.8 Å². The third kappa shape index (κ3) is 4.14. The molecule has 7 heteroatoms. The topological polar surface area (TPSA) is 90.4 Å². The summed E-state index contributed by atoms with van der Waals surface area (Å²) in [6.07, 6.45) is 9.48. The fourth-order valence-corrected chi connectivity index (χ4v) is 4.51. The molecule has 174 valence electrons. The molecule has 0 saturated heterocycles. The Kier molecular flexibility index (Phi) is 6.99. The van der Waals surface area contributed by atoms with Crippen molar-refractivity contribution in [3.05, 3.63) is 65.0 Å². The van der Waals surface area contributed by atoms with Crippen molar-refractivity contribution in [3.8, 4) is 11.8 Å². The minimum atomic E-state index is -0.926. The van der Waals surface area contributed by atoms with E-state index in [2.05, 4.69) is 16.5 Å². The number of fused-ring (bicyclic) bond motifs is 2. The number of aromatic amines is 1. The normalized spacial score (nSPS) is 17.9. The molecule has 2 unspecified atom stereocenters. The van der Waals surface area contributed by atoms with Crippen LogP contribution >= 0.6 is 0 Å². The molecule has 2 aliphatic rings. The van der Waals surface area contributed by atoms with Crippen LogP contribution in [0.5, 0.6) is 5.75 Å². The first kappa shape index (κ1) is 24.1. The van der Waals surface area contributed by atoms with Gasteiger partial charge >= 0.3 is 5.97 Å². The second kappa shape index (κ2) is 9.55. The summed E-state index contributed by atoms with van der Waals surface area (Å²) < 4.78 is 11.0. The predicted octanol–water partition coefficient (Wildman–Crippen LogP) is 4.84. The Morgan fingerprint density at radius 3 is 2.64 bits per heavy atom. The first-order valence-corrected chi connectivity index (χ1v) is 11.1. The maximum absolute atomic E-state index is 12.9. The highest BCUT2D eigenvalue weighted by Gasteiger charge is 2.46. The monoisotopic (exact) mass is 448 g/mol. The highest BCUT2D eigenvalue weighted by molar-refractivity contribution is 5.90. The van der Waals surface area contributed by atoms with Crippen molar-refractivity contribution in [3.63, 3.8) is 0 Å². The fourth-order valence-electron chi connectivity index (χ4n) is 4.51. The van der Waals surface area contributed by atoms with Gasteiger partial charge in [-0.3, -0.25) is 4.79 Å². The van der Waals surface area contributed by atoms with Gasteiger partial charge in [-0.2, -0.15) is 5.26 Å². The molecule has 1 aromatic heterocycles. The molecule has 0 amide bonds. The number of aryl methyl sites for hydroxylation is 1. The fraction of sp³-hybridized carbons (Fsp3) is 0.385. The lowest BCUT2D eigenvalue weighted by atomic mass is 9.78. The van der Waals surface area contributed by atoms with Gasteiger partial charge in [0.2, 0.25) is 0 Å². The van der Waals surface area contributed by atoms with Crippen molar-refractivity contribution in [2.24, 2.45) is 5.41 Å². The van der Waals surface area contributed by atoms with Crippen molar-refractivity contribution in [2.45, 2.75) is 46.7 Å². The molecular formula is C26H32N4O3. The van der Waals surface area contributed by atoms with Crippen molar-refractivity contribution >= 4 is 16.9 Å². The minimum absolute atomic E-state index is 0.145. The molecule has 0 radical (unpaired) electrons. The Morgan fingerprint density at radius 1 is 1.27 bits per heavy atom. The van der Waals surface area contributed by atoms with E-state index in [9.17, 15) is 10.1 Å². The van der Waals surface area contributed by atoms with Crippen LogP contribution in [-0.4, -0.2) is 36.2 Å². The number of ether oxygens (including phenoxy) is 2. The maximum atomic E-state index is 12.9. The Labute approximate surface area is 195 Å². The van der Waals surface area contributed by atoms with Crippen molar-refractivity contribution < 1.29 is 14.3 Å². The number of benzene rings is 1. The predicted molar refractivity (Wildman–Crippen MR) is 129 cm³/mol. The number of allylic oxidation sites excluding steroid dienone is 2. The zero-order valence-corrected chi connectivity index (χ0v) is 20.3. The van der Waals surface area contributed by atoms with Gasteiger partial charge in [-0.25, -0.2) is 5.43 Å². The Hall–Kier alpha value is -3.50. The summed E-state index contributed by atoms with van der Waals surface area (Å²) in [5, 5.41) is 12.2. The van der Waals surface area contributed by atoms with E-state index in [-0.39, 0.29) is 12.0 Å². The summed E-state index contributed by atoms with van der Waals surface area (Å²) >= 11 is 0. The largest absolute Gasteiger partial charge is 0.496 e. The average Bonchev–Trinajstić information content (AvgIpc) is 3.48. The molecule has 1 aliphatic heterocycles. The van der Waals surface area contributed by atoms with E-state index >= 15 is 0 Å². The number of nitrogens with one attached hydrogen (secondary N) is 2. The molecule has 0 fully saturated rings. The minimum Gasteiger partial charge on any atom is -0.496 e. The standard InChI is InChI=1S/C24H26N4O3.C2H6/c1-14-10-19(30-4)20(17-8-9-26-21(14)17)22(24(2,3)23(29)31-5)28-13-16-7-6-15(12-25)11-18(16)27-28;1-2/h6-11,13,18,22,26-27H,1-5H3;1-2H3. The van der Waals surface area contributed by atoms with Gasteiger partial charge in [-0.1, -0.05) is 19.9 Å². The van der Waals surface area contributed by atoms with E-state index in [0.29, 0.717) is 11.3 Å². The summed E-state index contributed by atoms with van der Waals surface area (Å²) in [5.74, 6) is 0.369. The average molecular weight is 449 g/mol. The molecule has 0 saturated carbocycles. The molecule has 4 rings (SSSR count). The number of hydrogen-bond acceptors (Lipinski definition) is 6. The summed E-state index contributed by atoms with van der Waals surface area (Å²) in [7, 11) is 3.04. The number of carbonyl (C=O) groups is 1. The van der Waals surface area contributed by atoms with Crippen LogP contribution in [0.3, 0.4) is 0 Å². The Balaban J connectivity index is 0.00000149. The molecule has 1 aromatic carbocycles. The summed E-state index contributed by atoms with van der Waals surface area (Å²) in [6.45, 7) is 9.76. The van der Waals surface area contributed by atoms with Crippen LogP contribution in [0, 0.1) is 23.7 Å². The molecule has 33 heavy (non-hydrogen) atoms. The van der Waals surface area contributed by atoms with Crippen LogP contribution in [0.2, 0.25) is 0 Å². The second-order valence-electron chi connectivity index (χ2n) is 8.40. The molecular weight excluding hydrogens is 416 g/mol. The van der Waals surface area contributed by atoms with E-state index in [4.69, 9.17) is 9.47 Å². The number of aromatic nitrogens is 1. The highest BCUT2D eigenvalue weighted by Crippen LogP contribution is 2.47. The molecule has 2 heterocycles. The SMILES string of the molecule is CC.COC(=O)C(C)(C)C(c1c(OC)cc(C)c2[nH]ccc12)N1C=C2C=CC(C#N)=CC2N1. The third-order valence-corrected chi connectivity index (χ3v) is 6.08. The van der Waals surface area contributed by atoms with E-state index in [1.807, 2.05) is 76.3 Å². The molecule has 0 spiro atoms. The van der Waals surface area contributed by atoms with Crippen LogP contribution in [0.15, 0.2) is 53.9 Å². The number of esters is 1. The van der Waals surface area contributed by atoms with Gasteiger partial charge in [0.1, 0.15) is 5.75 Å². The quantitative estimate of drug-likeness (QED) is 0.636. The molecule has 0 bridgehead atoms. The first-order chi connectivity index (χ1) is 15.8. The molecule has 2 atom stereocenters. The van der Waals surface area contributed by atoms with Crippen LogP contribution in [0.1, 0.15) is 44.9 Å². The number of hydrazine groups is 1. The number of carbonyl (C=O) groups excluding carboxylic acids is 1. The van der Waals surface area contributed by atoms with Gasteiger partial charge in [0, 0.05) is 34.4 Å². The Bertz CT molecular complexity index is 1180. The van der Waals surface area contributed by atoms with Crippen molar-refractivity contribution in [1.82, 2.24) is 15.4 Å². The first-order valence-electron chi connectivity index (χ1n) is 11.1. The maximum Gasteiger partial charge on any atom is 0.313 e. The lowest BCUT2D eigenvalue weighted by molar-refractivity contribution is -0.155. The number of nitrogens with zero attached hydrogens (tertiary/aromatic N) is 2. The van der Waals surface area contributed by atoms with Gasteiger partial charge in [0.15, 0.2) is 0 Å². The van der Waals surface area contributed by atoms with Crippen LogP contribution in [0.25, 0.3) is 10.9 Å². The lowest BCUT2D eigenvalue weighted by Gasteiger charge is -2.40. The highest BCUT2D eigenvalue weighted by atomic mass is 16.5. The van der Waals surface area contributed by atoms with E-state index < -0.39 is 11.5 Å². The second-order valence-corrected chi connectivity index (χ2v) is 8.40. The van der Waals surface area contributed by atoms with Gasteiger partial charge < -0.3 is 19.5 Å². The van der Waals surface area contributed by atoms with Gasteiger partial charge in [0.25, 0.3) is 0 Å². The molecule has 2 aromatic rings. The van der Waals surface area contributed by atoms with Crippen molar-refractivity contribution in [2.75, 3.05) is 14.2 Å². The zero-order chi connectivity index (χ0) is 24.3. The number of methoxy groups -OCH3 is 2. The number of nitriles is 1. The van der Waals surface area contributed by atoms with E-state index in [1.54, 1.807) is 13.2 Å². The third-order valence-electron chi connectivity index (χ3n) is 6.08. The van der Waals surface area contributed by atoms with Gasteiger partial charge in [-0.15, -0.1) is 0 Å². The molecule has 1 aliphatic carbocycles. The number of rotatable bonds is 5. The van der Waals surface area contributed by atoms with Crippen LogP contribution < -0.4 is 10.2 Å². The Morgan fingerprint density at radius 2 is 2.00 bits per heavy atom. The lowest BCUT2D eigenvalue weighted by Crippen LogP contribution is -2.47. The molecule has 7 nitrogen and oxygen atoms in total. The number of H-pyrrole nitrogens is 1. The van der Waals surface area contributed by atoms with E-state index in [0.717, 1.165) is 27.6 Å². The van der Waals surface area contributed by atoms with Crippen molar-refractivity contribution in [1.29, 1.82) is 5.26 Å². The zero-order valence-electron chi connectivity index (χ0n) is 20.3. The summed E-state index contributed by atoms with van der Waals surface area (Å²) in [6, 6.07) is 5.58.